The van der Waals surface area contributed by atoms with E-state index in [1.54, 1.807) is 0 Å². The Hall–Kier alpha value is -1.92. The second-order valence-electron chi connectivity index (χ2n) is 4.49. The summed E-state index contributed by atoms with van der Waals surface area (Å²) in [5.41, 5.74) is 3.83. The zero-order valence-corrected chi connectivity index (χ0v) is 10.2. The minimum Gasteiger partial charge on any atom is -0.496 e. The molecule has 1 fully saturated rings. The summed E-state index contributed by atoms with van der Waals surface area (Å²) < 4.78 is 43.2. The Kier molecular flexibility index (Phi) is 3.07. The number of amides is 1. The van der Waals surface area contributed by atoms with E-state index in [1.807, 2.05) is 5.32 Å². The van der Waals surface area contributed by atoms with Crippen molar-refractivity contribution in [1.29, 1.82) is 0 Å². The van der Waals surface area contributed by atoms with Crippen LogP contribution in [0.2, 0.25) is 0 Å². The molecule has 19 heavy (non-hydrogen) atoms. The molecule has 104 valence electrons. The van der Waals surface area contributed by atoms with Gasteiger partial charge in [-0.3, -0.25) is 4.79 Å². The lowest BCUT2D eigenvalue weighted by Crippen LogP contribution is -2.47. The zero-order chi connectivity index (χ0) is 14.3. The lowest BCUT2D eigenvalue weighted by molar-refractivity contribution is -0.163. The maximum absolute atomic E-state index is 12.8. The number of nitrogens with one attached hydrogen (secondary N) is 1. The first-order valence-electron chi connectivity index (χ1n) is 5.62. The molecular weight excluding hydrogens is 261 g/mol. The van der Waals surface area contributed by atoms with Gasteiger partial charge in [0.05, 0.1) is 12.7 Å². The van der Waals surface area contributed by atoms with Gasteiger partial charge in [0.15, 0.2) is 0 Å². The van der Waals surface area contributed by atoms with Crippen molar-refractivity contribution < 1.29 is 22.7 Å². The van der Waals surface area contributed by atoms with E-state index in [9.17, 15) is 18.0 Å². The third kappa shape index (κ3) is 2.45. The van der Waals surface area contributed by atoms with Gasteiger partial charge in [-0.2, -0.15) is 13.2 Å². The largest absolute Gasteiger partial charge is 0.496 e. The van der Waals surface area contributed by atoms with Gasteiger partial charge in [-0.1, -0.05) is 0 Å². The fourth-order valence-corrected chi connectivity index (χ4v) is 1.78. The van der Waals surface area contributed by atoms with Crippen LogP contribution in [0.25, 0.3) is 0 Å². The lowest BCUT2D eigenvalue weighted by atomic mass is 10.1. The van der Waals surface area contributed by atoms with Crippen LogP contribution in [0.4, 0.5) is 18.9 Å². The lowest BCUT2D eigenvalue weighted by Gasteiger charge is -2.21. The quantitative estimate of drug-likeness (QED) is 0.830. The topological polar surface area (TPSA) is 64.3 Å². The number of carbonyl (C=O) groups excluding carboxylic acids is 1. The molecule has 1 aromatic rings. The van der Waals surface area contributed by atoms with Crippen molar-refractivity contribution >= 4 is 11.6 Å². The highest BCUT2D eigenvalue weighted by Crippen LogP contribution is 2.49. The second kappa shape index (κ2) is 4.32. The number of nitrogen functional groups attached to an aromatic ring is 1. The van der Waals surface area contributed by atoms with E-state index in [2.05, 4.69) is 0 Å². The van der Waals surface area contributed by atoms with E-state index in [0.29, 0.717) is 5.69 Å². The van der Waals surface area contributed by atoms with Gasteiger partial charge in [-0.05, 0) is 25.0 Å². The number of alkyl halides is 3. The Balaban J connectivity index is 2.22. The number of nitrogens with two attached hydrogens (primary N) is 1. The maximum Gasteiger partial charge on any atom is 0.411 e. The predicted molar refractivity (Wildman–Crippen MR) is 62.9 cm³/mol. The smallest absolute Gasteiger partial charge is 0.411 e. The Labute approximate surface area is 107 Å². The summed E-state index contributed by atoms with van der Waals surface area (Å²) in [6, 6.07) is 4.17. The van der Waals surface area contributed by atoms with Crippen molar-refractivity contribution in [3.8, 4) is 5.75 Å². The molecule has 0 atom stereocenters. The molecule has 0 saturated heterocycles. The molecule has 1 saturated carbocycles. The first kappa shape index (κ1) is 13.5. The van der Waals surface area contributed by atoms with Gasteiger partial charge >= 0.3 is 6.18 Å². The molecule has 0 unspecified atom stereocenters. The summed E-state index contributed by atoms with van der Waals surface area (Å²) in [7, 11) is 1.32. The molecule has 4 nitrogen and oxygen atoms in total. The van der Waals surface area contributed by atoms with Crippen molar-refractivity contribution in [3.05, 3.63) is 23.8 Å². The number of methoxy groups -OCH3 is 1. The Bertz CT molecular complexity index is 510. The number of carbonyl (C=O) groups is 1. The van der Waals surface area contributed by atoms with Crippen LogP contribution >= 0.6 is 0 Å². The first-order chi connectivity index (χ1) is 8.79. The fraction of sp³-hybridized carbons (Fsp3) is 0.417. The van der Waals surface area contributed by atoms with Crippen molar-refractivity contribution in [1.82, 2.24) is 5.32 Å². The predicted octanol–water partition coefficient (Wildman–Crippen LogP) is 2.10. The summed E-state index contributed by atoms with van der Waals surface area (Å²) in [6.45, 7) is 0. The maximum atomic E-state index is 12.8. The van der Waals surface area contributed by atoms with Gasteiger partial charge in [0.2, 0.25) is 0 Å². The highest BCUT2D eigenvalue weighted by atomic mass is 19.4. The third-order valence-electron chi connectivity index (χ3n) is 3.12. The minimum absolute atomic E-state index is 0.0345. The van der Waals surface area contributed by atoms with Crippen LogP contribution in [0.15, 0.2) is 18.2 Å². The number of hydrogen-bond donors (Lipinski definition) is 2. The summed E-state index contributed by atoms with van der Waals surface area (Å²) >= 11 is 0. The molecule has 0 aromatic heterocycles. The average Bonchev–Trinajstić information content (AvgIpc) is 3.08. The molecule has 1 amide bonds. The third-order valence-corrected chi connectivity index (χ3v) is 3.12. The number of anilines is 1. The van der Waals surface area contributed by atoms with Crippen molar-refractivity contribution in [3.63, 3.8) is 0 Å². The number of benzene rings is 1. The number of hydrogen-bond acceptors (Lipinski definition) is 3. The van der Waals surface area contributed by atoms with Crippen LogP contribution in [0.1, 0.15) is 23.2 Å². The van der Waals surface area contributed by atoms with E-state index in [0.717, 1.165) is 0 Å². The Morgan fingerprint density at radius 1 is 1.42 bits per heavy atom. The summed E-state index contributed by atoms with van der Waals surface area (Å²) in [4.78, 5) is 11.9. The molecule has 7 heteroatoms. The van der Waals surface area contributed by atoms with E-state index >= 15 is 0 Å². The Morgan fingerprint density at radius 3 is 2.53 bits per heavy atom. The molecule has 0 aliphatic heterocycles. The van der Waals surface area contributed by atoms with Crippen LogP contribution < -0.4 is 15.8 Å². The molecule has 0 spiro atoms. The highest BCUT2D eigenvalue weighted by molar-refractivity contribution is 5.98. The number of rotatable bonds is 3. The minimum atomic E-state index is -4.44. The first-order valence-corrected chi connectivity index (χ1v) is 5.62. The van der Waals surface area contributed by atoms with Gasteiger partial charge in [0.1, 0.15) is 11.3 Å². The number of ether oxygens (including phenoxy) is 1. The Morgan fingerprint density at radius 2 is 2.05 bits per heavy atom. The van der Waals surface area contributed by atoms with Gasteiger partial charge in [0.25, 0.3) is 5.91 Å². The van der Waals surface area contributed by atoms with E-state index in [1.165, 1.54) is 25.3 Å². The van der Waals surface area contributed by atoms with Crippen LogP contribution in [-0.2, 0) is 0 Å². The summed E-state index contributed by atoms with van der Waals surface area (Å²) in [5.74, 6) is -0.665. The van der Waals surface area contributed by atoms with Gasteiger partial charge in [-0.15, -0.1) is 0 Å². The van der Waals surface area contributed by atoms with Crippen molar-refractivity contribution in [2.45, 2.75) is 24.6 Å². The molecule has 1 aliphatic carbocycles. The molecule has 3 N–H and O–H groups in total. The zero-order valence-electron chi connectivity index (χ0n) is 10.2. The van der Waals surface area contributed by atoms with Crippen molar-refractivity contribution in [2.75, 3.05) is 12.8 Å². The van der Waals surface area contributed by atoms with Crippen molar-refractivity contribution in [2.24, 2.45) is 0 Å². The van der Waals surface area contributed by atoms with Crippen LogP contribution in [0.5, 0.6) is 5.75 Å². The monoisotopic (exact) mass is 274 g/mol. The molecular formula is C12H13F3N2O2. The van der Waals surface area contributed by atoms with Gasteiger partial charge in [0, 0.05) is 11.8 Å². The summed E-state index contributed by atoms with van der Waals surface area (Å²) in [5, 5.41) is 2.03. The molecule has 1 aromatic carbocycles. The molecule has 2 rings (SSSR count). The second-order valence-corrected chi connectivity index (χ2v) is 4.49. The standard InChI is InChI=1S/C12H13F3N2O2/c1-19-9-6-7(16)2-3-8(9)10(18)17-11(4-5-11)12(13,14)15/h2-3,6H,4-5,16H2,1H3,(H,17,18). The van der Waals surface area contributed by atoms with E-state index in [-0.39, 0.29) is 24.2 Å². The number of halogens is 3. The highest BCUT2D eigenvalue weighted by Gasteiger charge is 2.64. The van der Waals surface area contributed by atoms with Gasteiger partial charge in [-0.25, -0.2) is 0 Å². The molecule has 1 aliphatic rings. The summed E-state index contributed by atoms with van der Waals surface area (Å²) in [6.07, 6.45) is -4.64. The van der Waals surface area contributed by atoms with Crippen LogP contribution in [0.3, 0.4) is 0 Å². The fourth-order valence-electron chi connectivity index (χ4n) is 1.78. The molecule has 0 heterocycles. The SMILES string of the molecule is COc1cc(N)ccc1C(=O)NC1(C(F)(F)F)CC1. The normalized spacial score (nSPS) is 16.8. The molecule has 0 bridgehead atoms. The van der Waals surface area contributed by atoms with Crippen LogP contribution in [0, 0.1) is 0 Å². The average molecular weight is 274 g/mol. The van der Waals surface area contributed by atoms with E-state index < -0.39 is 17.6 Å². The molecule has 0 radical (unpaired) electrons. The van der Waals surface area contributed by atoms with Gasteiger partial charge < -0.3 is 15.8 Å². The van der Waals surface area contributed by atoms with Crippen LogP contribution in [-0.4, -0.2) is 24.7 Å². The van der Waals surface area contributed by atoms with E-state index in [4.69, 9.17) is 10.5 Å².